The van der Waals surface area contributed by atoms with Crippen LogP contribution in [0.1, 0.15) is 0 Å². The lowest BCUT2D eigenvalue weighted by atomic mass is 10.0. The minimum absolute atomic E-state index is 0.713. The zero-order valence-corrected chi connectivity index (χ0v) is 8.73. The van der Waals surface area contributed by atoms with E-state index in [-0.39, 0.29) is 0 Å². The highest BCUT2D eigenvalue weighted by atomic mass is 16.5. The van der Waals surface area contributed by atoms with E-state index in [1.807, 2.05) is 12.1 Å². The monoisotopic (exact) mass is 204 g/mol. The zero-order valence-electron chi connectivity index (χ0n) is 8.73. The van der Waals surface area contributed by atoms with Crippen LogP contribution in [-0.4, -0.2) is 26.3 Å². The summed E-state index contributed by atoms with van der Waals surface area (Å²) in [7, 11) is 0. The number of para-hydroxylation sites is 2. The van der Waals surface area contributed by atoms with Crippen molar-refractivity contribution in [1.29, 1.82) is 0 Å². The number of anilines is 2. The number of hydrogen-bond donors (Lipinski definition) is 1. The maximum atomic E-state index is 5.98. The SMILES string of the molecule is Nc1ccccc1N1C[C@H]2COC[C@H]2C1. The third-order valence-corrected chi connectivity index (χ3v) is 3.52. The molecule has 0 aliphatic carbocycles. The van der Waals surface area contributed by atoms with Gasteiger partial charge in [-0.25, -0.2) is 0 Å². The van der Waals surface area contributed by atoms with Crippen molar-refractivity contribution in [2.45, 2.75) is 0 Å². The number of ether oxygens (including phenoxy) is 1. The Morgan fingerprint density at radius 2 is 1.80 bits per heavy atom. The first kappa shape index (κ1) is 9.04. The van der Waals surface area contributed by atoms with Crippen LogP contribution in [0.4, 0.5) is 11.4 Å². The smallest absolute Gasteiger partial charge is 0.0600 e. The summed E-state index contributed by atoms with van der Waals surface area (Å²) in [4.78, 5) is 2.40. The van der Waals surface area contributed by atoms with Crippen LogP contribution in [0, 0.1) is 11.8 Å². The van der Waals surface area contributed by atoms with Gasteiger partial charge in [-0.05, 0) is 12.1 Å². The van der Waals surface area contributed by atoms with Crippen molar-refractivity contribution in [2.75, 3.05) is 36.9 Å². The third kappa shape index (κ3) is 1.47. The minimum Gasteiger partial charge on any atom is -0.397 e. The Morgan fingerprint density at radius 1 is 1.13 bits per heavy atom. The molecule has 1 aromatic rings. The summed E-state index contributed by atoms with van der Waals surface area (Å²) in [6.45, 7) is 4.04. The van der Waals surface area contributed by atoms with Crippen LogP contribution in [0.5, 0.6) is 0 Å². The summed E-state index contributed by atoms with van der Waals surface area (Å²) < 4.78 is 5.47. The lowest BCUT2D eigenvalue weighted by Gasteiger charge is -2.21. The lowest BCUT2D eigenvalue weighted by molar-refractivity contribution is 0.177. The number of hydrogen-bond acceptors (Lipinski definition) is 3. The molecular formula is C12H16N2O. The lowest BCUT2D eigenvalue weighted by Crippen LogP contribution is -2.23. The maximum absolute atomic E-state index is 5.98. The molecule has 2 heterocycles. The van der Waals surface area contributed by atoms with Crippen molar-refractivity contribution < 1.29 is 4.74 Å². The van der Waals surface area contributed by atoms with E-state index in [9.17, 15) is 0 Å². The molecule has 2 aliphatic rings. The number of fused-ring (bicyclic) bond motifs is 1. The second kappa shape index (κ2) is 3.42. The molecule has 2 aliphatic heterocycles. The van der Waals surface area contributed by atoms with Gasteiger partial charge < -0.3 is 15.4 Å². The van der Waals surface area contributed by atoms with Crippen molar-refractivity contribution >= 4 is 11.4 Å². The van der Waals surface area contributed by atoms with Crippen LogP contribution >= 0.6 is 0 Å². The average Bonchev–Trinajstić information content (AvgIpc) is 2.77. The Bertz CT molecular complexity index is 354. The van der Waals surface area contributed by atoms with Gasteiger partial charge in [0.25, 0.3) is 0 Å². The third-order valence-electron chi connectivity index (χ3n) is 3.52. The predicted molar refractivity (Wildman–Crippen MR) is 60.9 cm³/mol. The van der Waals surface area contributed by atoms with Gasteiger partial charge in [0.1, 0.15) is 0 Å². The summed E-state index contributed by atoms with van der Waals surface area (Å²) >= 11 is 0. The van der Waals surface area contributed by atoms with Gasteiger partial charge in [-0.1, -0.05) is 12.1 Å². The fraction of sp³-hybridized carbons (Fsp3) is 0.500. The van der Waals surface area contributed by atoms with E-state index in [0.717, 1.165) is 32.0 Å². The molecule has 2 fully saturated rings. The van der Waals surface area contributed by atoms with Gasteiger partial charge >= 0.3 is 0 Å². The van der Waals surface area contributed by atoms with Gasteiger partial charge in [-0.2, -0.15) is 0 Å². The molecular weight excluding hydrogens is 188 g/mol. The van der Waals surface area contributed by atoms with Crippen molar-refractivity contribution in [2.24, 2.45) is 11.8 Å². The second-order valence-corrected chi connectivity index (χ2v) is 4.52. The van der Waals surface area contributed by atoms with Gasteiger partial charge in [-0.3, -0.25) is 0 Å². The molecule has 0 aromatic heterocycles. The van der Waals surface area contributed by atoms with Crippen LogP contribution in [0.3, 0.4) is 0 Å². The average molecular weight is 204 g/mol. The molecule has 3 nitrogen and oxygen atoms in total. The summed E-state index contributed by atoms with van der Waals surface area (Å²) in [6, 6.07) is 8.12. The Kier molecular flexibility index (Phi) is 2.06. The van der Waals surface area contributed by atoms with Gasteiger partial charge in [0.05, 0.1) is 24.6 Å². The molecule has 2 saturated heterocycles. The van der Waals surface area contributed by atoms with Gasteiger partial charge in [0.15, 0.2) is 0 Å². The molecule has 0 amide bonds. The molecule has 2 atom stereocenters. The summed E-state index contributed by atoms with van der Waals surface area (Å²) in [5.74, 6) is 1.43. The van der Waals surface area contributed by atoms with Crippen LogP contribution in [0.25, 0.3) is 0 Å². The number of rotatable bonds is 1. The Balaban J connectivity index is 1.82. The second-order valence-electron chi connectivity index (χ2n) is 4.52. The van der Waals surface area contributed by atoms with E-state index < -0.39 is 0 Å². The molecule has 1 aromatic carbocycles. The van der Waals surface area contributed by atoms with E-state index in [1.54, 1.807) is 0 Å². The molecule has 0 spiro atoms. The quantitative estimate of drug-likeness (QED) is 0.702. The first-order valence-corrected chi connectivity index (χ1v) is 5.52. The van der Waals surface area contributed by atoms with Gasteiger partial charge in [0.2, 0.25) is 0 Å². The zero-order chi connectivity index (χ0) is 10.3. The van der Waals surface area contributed by atoms with Crippen LogP contribution < -0.4 is 10.6 Å². The highest BCUT2D eigenvalue weighted by Gasteiger charge is 2.37. The first-order chi connectivity index (χ1) is 7.34. The van der Waals surface area contributed by atoms with Crippen molar-refractivity contribution in [1.82, 2.24) is 0 Å². The summed E-state index contributed by atoms with van der Waals surface area (Å²) in [6.07, 6.45) is 0. The molecule has 2 N–H and O–H groups in total. The minimum atomic E-state index is 0.713. The fourth-order valence-electron chi connectivity index (χ4n) is 2.66. The predicted octanol–water partition coefficient (Wildman–Crippen LogP) is 1.35. The fourth-order valence-corrected chi connectivity index (χ4v) is 2.66. The van der Waals surface area contributed by atoms with Gasteiger partial charge in [0, 0.05) is 24.9 Å². The van der Waals surface area contributed by atoms with Gasteiger partial charge in [-0.15, -0.1) is 0 Å². The summed E-state index contributed by atoms with van der Waals surface area (Å²) in [5.41, 5.74) is 8.05. The van der Waals surface area contributed by atoms with Crippen LogP contribution in [-0.2, 0) is 4.74 Å². The van der Waals surface area contributed by atoms with Crippen molar-refractivity contribution in [3.05, 3.63) is 24.3 Å². The number of nitrogen functional groups attached to an aromatic ring is 1. The van der Waals surface area contributed by atoms with Crippen LogP contribution in [0.15, 0.2) is 24.3 Å². The molecule has 3 heteroatoms. The molecule has 0 bridgehead atoms. The van der Waals surface area contributed by atoms with E-state index in [0.29, 0.717) is 11.8 Å². The maximum Gasteiger partial charge on any atom is 0.0600 e. The van der Waals surface area contributed by atoms with E-state index in [1.165, 1.54) is 5.69 Å². The highest BCUT2D eigenvalue weighted by Crippen LogP contribution is 2.34. The molecule has 0 unspecified atom stereocenters. The molecule has 0 radical (unpaired) electrons. The number of benzene rings is 1. The standard InChI is InChI=1S/C12H16N2O/c13-11-3-1-2-4-12(11)14-5-9-7-15-8-10(9)6-14/h1-4,9-10H,5-8,13H2/t9-,10+. The van der Waals surface area contributed by atoms with E-state index in [4.69, 9.17) is 10.5 Å². The number of nitrogens with two attached hydrogens (primary N) is 1. The van der Waals surface area contributed by atoms with Crippen LogP contribution in [0.2, 0.25) is 0 Å². The molecule has 0 saturated carbocycles. The summed E-state index contributed by atoms with van der Waals surface area (Å²) in [5, 5.41) is 0. The molecule has 15 heavy (non-hydrogen) atoms. The molecule has 80 valence electrons. The highest BCUT2D eigenvalue weighted by molar-refractivity contribution is 5.67. The normalized spacial score (nSPS) is 29.5. The van der Waals surface area contributed by atoms with Crippen molar-refractivity contribution in [3.63, 3.8) is 0 Å². The number of nitrogens with zero attached hydrogens (tertiary/aromatic N) is 1. The van der Waals surface area contributed by atoms with E-state index >= 15 is 0 Å². The topological polar surface area (TPSA) is 38.5 Å². The van der Waals surface area contributed by atoms with E-state index in [2.05, 4.69) is 17.0 Å². The Labute approximate surface area is 89.8 Å². The first-order valence-electron chi connectivity index (χ1n) is 5.52. The molecule has 3 rings (SSSR count). The Morgan fingerprint density at radius 3 is 2.47 bits per heavy atom. The van der Waals surface area contributed by atoms with Crippen molar-refractivity contribution in [3.8, 4) is 0 Å². The largest absolute Gasteiger partial charge is 0.397 e. The Hall–Kier alpha value is -1.22.